The number of methoxy groups -OCH3 is 3. The number of rotatable bonds is 9. The molecule has 0 fully saturated rings. The second-order valence-corrected chi connectivity index (χ2v) is 5.90. The predicted octanol–water partition coefficient (Wildman–Crippen LogP) is 4.11. The first-order chi connectivity index (χ1) is 13.0. The Labute approximate surface area is 163 Å². The van der Waals surface area contributed by atoms with E-state index in [1.807, 2.05) is 6.07 Å². The van der Waals surface area contributed by atoms with Crippen molar-refractivity contribution in [2.45, 2.75) is 6.42 Å². The third kappa shape index (κ3) is 5.31. The molecule has 2 rings (SSSR count). The number of anilines is 1. The molecule has 0 spiro atoms. The molecule has 6 nitrogen and oxygen atoms in total. The van der Waals surface area contributed by atoms with Crippen LogP contribution in [0.4, 0.5) is 5.69 Å². The summed E-state index contributed by atoms with van der Waals surface area (Å²) in [5.74, 6) is 1.83. The van der Waals surface area contributed by atoms with Gasteiger partial charge in [-0.1, -0.05) is 17.7 Å². The summed E-state index contributed by atoms with van der Waals surface area (Å²) in [6, 6.07) is 8.54. The van der Waals surface area contributed by atoms with Crippen LogP contribution in [0.5, 0.6) is 23.0 Å². The van der Waals surface area contributed by atoms with E-state index < -0.39 is 0 Å². The summed E-state index contributed by atoms with van der Waals surface area (Å²) >= 11 is 6.11. The fraction of sp³-hybridized carbons (Fsp3) is 0.250. The van der Waals surface area contributed by atoms with Crippen LogP contribution in [0.1, 0.15) is 5.56 Å². The average Bonchev–Trinajstić information content (AvgIpc) is 2.67. The standard InChI is InChI=1S/C20H22ClNO5/c1-5-6-13-9-14(24-2)7-8-17(13)27-12-20(23)22-16-10-15(21)18(25-3)11-19(16)26-4/h5,7-11H,1,6,12H2,2-4H3,(H,22,23). The van der Waals surface area contributed by atoms with Gasteiger partial charge in [0.1, 0.15) is 23.0 Å². The summed E-state index contributed by atoms with van der Waals surface area (Å²) in [4.78, 5) is 12.3. The fourth-order valence-electron chi connectivity index (χ4n) is 2.43. The van der Waals surface area contributed by atoms with Gasteiger partial charge >= 0.3 is 0 Å². The van der Waals surface area contributed by atoms with Gasteiger partial charge in [0.15, 0.2) is 6.61 Å². The van der Waals surface area contributed by atoms with Gasteiger partial charge in [0.05, 0.1) is 32.0 Å². The van der Waals surface area contributed by atoms with E-state index in [1.165, 1.54) is 14.2 Å². The van der Waals surface area contributed by atoms with E-state index in [4.69, 9.17) is 30.5 Å². The minimum atomic E-state index is -0.352. The van der Waals surface area contributed by atoms with Gasteiger partial charge in [-0.2, -0.15) is 0 Å². The van der Waals surface area contributed by atoms with E-state index in [0.29, 0.717) is 40.1 Å². The number of hydrogen-bond acceptors (Lipinski definition) is 5. The largest absolute Gasteiger partial charge is 0.497 e. The molecule has 0 bridgehead atoms. The molecular formula is C20H22ClNO5. The smallest absolute Gasteiger partial charge is 0.262 e. The maximum atomic E-state index is 12.3. The molecular weight excluding hydrogens is 370 g/mol. The van der Waals surface area contributed by atoms with Crippen LogP contribution in [0, 0.1) is 0 Å². The number of nitrogens with one attached hydrogen (secondary N) is 1. The molecule has 7 heteroatoms. The molecule has 1 N–H and O–H groups in total. The number of benzene rings is 2. The van der Waals surface area contributed by atoms with Crippen LogP contribution in [-0.4, -0.2) is 33.8 Å². The van der Waals surface area contributed by atoms with E-state index in [1.54, 1.807) is 37.5 Å². The van der Waals surface area contributed by atoms with E-state index in [-0.39, 0.29) is 12.5 Å². The molecule has 1 amide bonds. The number of hydrogen-bond donors (Lipinski definition) is 1. The number of amides is 1. The van der Waals surface area contributed by atoms with Crippen LogP contribution in [0.3, 0.4) is 0 Å². The Kier molecular flexibility index (Phi) is 7.37. The van der Waals surface area contributed by atoms with Crippen molar-refractivity contribution >= 4 is 23.2 Å². The number of carbonyl (C=O) groups excluding carboxylic acids is 1. The van der Waals surface area contributed by atoms with Crippen molar-refractivity contribution in [1.29, 1.82) is 0 Å². The van der Waals surface area contributed by atoms with Gasteiger partial charge in [-0.15, -0.1) is 6.58 Å². The highest BCUT2D eigenvalue weighted by Crippen LogP contribution is 2.35. The molecule has 0 saturated heterocycles. The molecule has 0 unspecified atom stereocenters. The normalized spacial score (nSPS) is 10.1. The summed E-state index contributed by atoms with van der Waals surface area (Å²) < 4.78 is 21.3. The van der Waals surface area contributed by atoms with E-state index in [9.17, 15) is 4.79 Å². The van der Waals surface area contributed by atoms with Gasteiger partial charge in [0.25, 0.3) is 5.91 Å². The number of carbonyl (C=O) groups is 1. The van der Waals surface area contributed by atoms with Crippen molar-refractivity contribution in [3.63, 3.8) is 0 Å². The van der Waals surface area contributed by atoms with Crippen molar-refractivity contribution in [1.82, 2.24) is 0 Å². The lowest BCUT2D eigenvalue weighted by Crippen LogP contribution is -2.21. The molecule has 0 saturated carbocycles. The van der Waals surface area contributed by atoms with Crippen molar-refractivity contribution in [3.8, 4) is 23.0 Å². The van der Waals surface area contributed by atoms with Crippen LogP contribution < -0.4 is 24.3 Å². The van der Waals surface area contributed by atoms with E-state index in [2.05, 4.69) is 11.9 Å². The second kappa shape index (κ2) is 9.73. The van der Waals surface area contributed by atoms with Gasteiger partial charge in [-0.3, -0.25) is 4.79 Å². The molecule has 0 aromatic heterocycles. The minimum absolute atomic E-state index is 0.177. The highest BCUT2D eigenvalue weighted by Gasteiger charge is 2.14. The first-order valence-corrected chi connectivity index (χ1v) is 8.52. The summed E-state index contributed by atoms with van der Waals surface area (Å²) in [5.41, 5.74) is 1.31. The van der Waals surface area contributed by atoms with E-state index >= 15 is 0 Å². The van der Waals surface area contributed by atoms with Crippen molar-refractivity contribution in [2.75, 3.05) is 33.3 Å². The first kappa shape index (κ1) is 20.5. The summed E-state index contributed by atoms with van der Waals surface area (Å²) in [7, 11) is 4.59. The van der Waals surface area contributed by atoms with E-state index in [0.717, 1.165) is 5.56 Å². The van der Waals surface area contributed by atoms with Crippen molar-refractivity contribution in [2.24, 2.45) is 0 Å². The summed E-state index contributed by atoms with van der Waals surface area (Å²) in [5, 5.41) is 3.08. The molecule has 0 aliphatic rings. The van der Waals surface area contributed by atoms with Gasteiger partial charge in [-0.25, -0.2) is 0 Å². The van der Waals surface area contributed by atoms with Crippen molar-refractivity contribution < 1.29 is 23.7 Å². The van der Waals surface area contributed by atoms with Crippen molar-refractivity contribution in [3.05, 3.63) is 53.6 Å². The topological polar surface area (TPSA) is 66.0 Å². The number of ether oxygens (including phenoxy) is 4. The number of halogens is 1. The second-order valence-electron chi connectivity index (χ2n) is 5.49. The molecule has 0 aliphatic heterocycles. The van der Waals surface area contributed by atoms with Gasteiger partial charge in [0, 0.05) is 11.6 Å². The molecule has 0 radical (unpaired) electrons. The summed E-state index contributed by atoms with van der Waals surface area (Å²) in [6.07, 6.45) is 2.35. The Balaban J connectivity index is 2.09. The maximum Gasteiger partial charge on any atom is 0.262 e. The Morgan fingerprint density at radius 1 is 1.07 bits per heavy atom. The molecule has 0 aliphatic carbocycles. The highest BCUT2D eigenvalue weighted by molar-refractivity contribution is 6.32. The van der Waals surface area contributed by atoms with Gasteiger partial charge < -0.3 is 24.3 Å². The zero-order valence-electron chi connectivity index (χ0n) is 15.5. The molecule has 0 atom stereocenters. The molecule has 144 valence electrons. The third-order valence-corrected chi connectivity index (χ3v) is 4.03. The Morgan fingerprint density at radius 2 is 1.81 bits per heavy atom. The van der Waals surface area contributed by atoms with Gasteiger partial charge in [0.2, 0.25) is 0 Å². The lowest BCUT2D eigenvalue weighted by Gasteiger charge is -2.14. The molecule has 0 heterocycles. The molecule has 27 heavy (non-hydrogen) atoms. The Bertz CT molecular complexity index is 822. The Morgan fingerprint density at radius 3 is 2.44 bits per heavy atom. The minimum Gasteiger partial charge on any atom is -0.497 e. The number of allylic oxidation sites excluding steroid dienone is 1. The monoisotopic (exact) mass is 391 g/mol. The average molecular weight is 392 g/mol. The van der Waals surface area contributed by atoms with Crippen LogP contribution in [0.25, 0.3) is 0 Å². The van der Waals surface area contributed by atoms with Crippen LogP contribution in [0.2, 0.25) is 5.02 Å². The zero-order chi connectivity index (χ0) is 19.8. The third-order valence-electron chi connectivity index (χ3n) is 3.74. The predicted molar refractivity (Wildman–Crippen MR) is 106 cm³/mol. The van der Waals surface area contributed by atoms with Crippen LogP contribution in [0.15, 0.2) is 43.0 Å². The molecule has 2 aromatic carbocycles. The highest BCUT2D eigenvalue weighted by atomic mass is 35.5. The maximum absolute atomic E-state index is 12.3. The van der Waals surface area contributed by atoms with Gasteiger partial charge in [-0.05, 0) is 30.7 Å². The first-order valence-electron chi connectivity index (χ1n) is 8.14. The SMILES string of the molecule is C=CCc1cc(OC)ccc1OCC(=O)Nc1cc(Cl)c(OC)cc1OC. The molecule has 2 aromatic rings. The zero-order valence-corrected chi connectivity index (χ0v) is 16.3. The lowest BCUT2D eigenvalue weighted by molar-refractivity contribution is -0.118. The lowest BCUT2D eigenvalue weighted by atomic mass is 10.1. The summed E-state index contributed by atoms with van der Waals surface area (Å²) in [6.45, 7) is 3.56. The Hall–Kier alpha value is -2.86. The fourth-order valence-corrected chi connectivity index (χ4v) is 2.67. The van der Waals surface area contributed by atoms with Crippen LogP contribution in [-0.2, 0) is 11.2 Å². The van der Waals surface area contributed by atoms with Crippen LogP contribution >= 0.6 is 11.6 Å². The quantitative estimate of drug-likeness (QED) is 0.651.